The van der Waals surface area contributed by atoms with Gasteiger partial charge in [-0.1, -0.05) is 35.5 Å². The Morgan fingerprint density at radius 3 is 2.77 bits per heavy atom. The maximum Gasteiger partial charge on any atom is 0.207 e. The molecule has 0 fully saturated rings. The van der Waals surface area contributed by atoms with Crippen molar-refractivity contribution >= 4 is 11.4 Å². The molecule has 0 aliphatic carbocycles. The van der Waals surface area contributed by atoms with Crippen LogP contribution < -0.4 is 5.32 Å². The molecule has 1 N–H and O–H groups in total. The van der Waals surface area contributed by atoms with E-state index in [0.29, 0.717) is 5.56 Å². The van der Waals surface area contributed by atoms with Gasteiger partial charge in [0.2, 0.25) is 6.23 Å². The molecule has 22 heavy (non-hydrogen) atoms. The van der Waals surface area contributed by atoms with Crippen LogP contribution in [0.3, 0.4) is 0 Å². The number of nitrogens with one attached hydrogen (secondary N) is 1. The first-order chi connectivity index (χ1) is 10.7. The van der Waals surface area contributed by atoms with Crippen molar-refractivity contribution in [3.8, 4) is 6.07 Å². The zero-order chi connectivity index (χ0) is 15.2. The average molecular weight is 289 g/mol. The topological polar surface area (TPSA) is 57.4 Å². The molecule has 0 radical (unpaired) electrons. The average Bonchev–Trinajstić information content (AvgIpc) is 2.87. The van der Waals surface area contributed by atoms with Crippen LogP contribution >= 0.6 is 0 Å². The van der Waals surface area contributed by atoms with Gasteiger partial charge in [-0.25, -0.2) is 0 Å². The number of nitrogens with zero attached hydrogens (tertiary/aromatic N) is 2. The number of para-hydroxylation sites is 1. The normalized spacial score (nSPS) is 25.1. The minimum absolute atomic E-state index is 0.132. The number of fused-ring (bicyclic) bond motifs is 3. The summed E-state index contributed by atoms with van der Waals surface area (Å²) in [5.41, 5.74) is 4.82. The molecule has 2 aliphatic rings. The zero-order valence-electron chi connectivity index (χ0n) is 12.2. The summed E-state index contributed by atoms with van der Waals surface area (Å²) < 4.78 is 0. The first-order valence-electron chi connectivity index (χ1n) is 7.30. The van der Waals surface area contributed by atoms with Crippen LogP contribution in [-0.4, -0.2) is 11.9 Å². The van der Waals surface area contributed by atoms with Gasteiger partial charge in [0, 0.05) is 12.1 Å². The van der Waals surface area contributed by atoms with E-state index in [1.54, 1.807) is 0 Å². The number of hydrogen-bond donors (Lipinski definition) is 1. The third-order valence-corrected chi connectivity index (χ3v) is 4.56. The van der Waals surface area contributed by atoms with Crippen LogP contribution in [0.2, 0.25) is 0 Å². The molecule has 2 heterocycles. The summed E-state index contributed by atoms with van der Waals surface area (Å²) >= 11 is 0. The lowest BCUT2D eigenvalue weighted by Gasteiger charge is -2.34. The molecule has 0 saturated carbocycles. The van der Waals surface area contributed by atoms with Gasteiger partial charge in [-0.05, 0) is 36.2 Å². The molecule has 0 amide bonds. The van der Waals surface area contributed by atoms with Gasteiger partial charge in [-0.3, -0.25) is 0 Å². The molecule has 2 aromatic rings. The van der Waals surface area contributed by atoms with Crippen molar-refractivity contribution in [2.45, 2.75) is 25.0 Å². The Morgan fingerprint density at radius 1 is 1.23 bits per heavy atom. The Morgan fingerprint density at radius 2 is 2.00 bits per heavy atom. The van der Waals surface area contributed by atoms with E-state index in [9.17, 15) is 0 Å². The zero-order valence-corrected chi connectivity index (χ0v) is 12.2. The summed E-state index contributed by atoms with van der Waals surface area (Å²) in [6.45, 7) is 2.20. The monoisotopic (exact) mass is 289 g/mol. The van der Waals surface area contributed by atoms with Crippen LogP contribution in [0.25, 0.3) is 0 Å². The van der Waals surface area contributed by atoms with E-state index < -0.39 is 0 Å². The Balaban J connectivity index is 1.70. The largest absolute Gasteiger partial charge is 0.370 e. The molecule has 108 valence electrons. The van der Waals surface area contributed by atoms with E-state index in [2.05, 4.69) is 41.7 Å². The summed E-state index contributed by atoms with van der Waals surface area (Å²) in [4.78, 5) is 5.72. The van der Waals surface area contributed by atoms with Gasteiger partial charge in [-0.2, -0.15) is 5.26 Å². The molecule has 2 aliphatic heterocycles. The van der Waals surface area contributed by atoms with Crippen LogP contribution in [0.15, 0.2) is 53.7 Å². The first kappa shape index (κ1) is 12.9. The SMILES string of the molecule is CC12CC(c3ccc(C#N)cc3)=NOC1Nc1ccccc12. The Kier molecular flexibility index (Phi) is 2.70. The fraction of sp³-hybridized carbons (Fsp3) is 0.222. The number of nitriles is 1. The maximum atomic E-state index is 8.90. The van der Waals surface area contributed by atoms with E-state index in [-0.39, 0.29) is 11.6 Å². The summed E-state index contributed by atoms with van der Waals surface area (Å²) in [5.74, 6) is 0. The lowest BCUT2D eigenvalue weighted by molar-refractivity contribution is 0.0203. The summed E-state index contributed by atoms with van der Waals surface area (Å²) in [6, 6.07) is 17.9. The molecule has 2 unspecified atom stereocenters. The standard InChI is InChI=1S/C18H15N3O/c1-18-10-16(13-8-6-12(11-19)7-9-13)21-22-17(18)20-15-5-3-2-4-14(15)18/h2-9,17,20H,10H2,1H3. The van der Waals surface area contributed by atoms with E-state index in [1.165, 1.54) is 5.56 Å². The molecule has 0 spiro atoms. The lowest BCUT2D eigenvalue weighted by Crippen LogP contribution is -2.42. The van der Waals surface area contributed by atoms with E-state index in [0.717, 1.165) is 23.4 Å². The second-order valence-corrected chi connectivity index (χ2v) is 6.00. The number of hydrogen-bond acceptors (Lipinski definition) is 4. The van der Waals surface area contributed by atoms with Crippen LogP contribution in [0.1, 0.15) is 30.0 Å². The maximum absolute atomic E-state index is 8.90. The molecule has 4 nitrogen and oxygen atoms in total. The Hall–Kier alpha value is -2.80. The van der Waals surface area contributed by atoms with E-state index in [4.69, 9.17) is 10.1 Å². The van der Waals surface area contributed by atoms with Crippen LogP contribution in [0.5, 0.6) is 0 Å². The van der Waals surface area contributed by atoms with Gasteiger partial charge in [0.05, 0.1) is 22.8 Å². The molecule has 0 saturated heterocycles. The van der Waals surface area contributed by atoms with Gasteiger partial charge in [0.15, 0.2) is 0 Å². The summed E-state index contributed by atoms with van der Waals surface area (Å²) in [7, 11) is 0. The van der Waals surface area contributed by atoms with Crippen molar-refractivity contribution in [3.63, 3.8) is 0 Å². The predicted octanol–water partition coefficient (Wildman–Crippen LogP) is 3.39. The second-order valence-electron chi connectivity index (χ2n) is 6.00. The molecule has 4 rings (SSSR count). The fourth-order valence-corrected chi connectivity index (χ4v) is 3.27. The fourth-order valence-electron chi connectivity index (χ4n) is 3.27. The van der Waals surface area contributed by atoms with E-state index >= 15 is 0 Å². The quantitative estimate of drug-likeness (QED) is 0.875. The van der Waals surface area contributed by atoms with Gasteiger partial charge < -0.3 is 10.2 Å². The van der Waals surface area contributed by atoms with Crippen molar-refractivity contribution in [2.75, 3.05) is 5.32 Å². The van der Waals surface area contributed by atoms with Gasteiger partial charge >= 0.3 is 0 Å². The highest BCUT2D eigenvalue weighted by Gasteiger charge is 2.48. The van der Waals surface area contributed by atoms with Gasteiger partial charge in [0.1, 0.15) is 0 Å². The minimum Gasteiger partial charge on any atom is -0.370 e. The number of oxime groups is 1. The smallest absolute Gasteiger partial charge is 0.207 e. The Labute approximate surface area is 129 Å². The highest BCUT2D eigenvalue weighted by atomic mass is 16.7. The highest BCUT2D eigenvalue weighted by Crippen LogP contribution is 2.46. The highest BCUT2D eigenvalue weighted by molar-refractivity contribution is 6.02. The Bertz CT molecular complexity index is 804. The molecule has 2 atom stereocenters. The van der Waals surface area contributed by atoms with Crippen molar-refractivity contribution < 1.29 is 4.84 Å². The van der Waals surface area contributed by atoms with Crippen molar-refractivity contribution in [1.29, 1.82) is 5.26 Å². The molecule has 4 heteroatoms. The third-order valence-electron chi connectivity index (χ3n) is 4.56. The van der Waals surface area contributed by atoms with Crippen molar-refractivity contribution in [2.24, 2.45) is 5.16 Å². The van der Waals surface area contributed by atoms with Crippen molar-refractivity contribution in [1.82, 2.24) is 0 Å². The number of anilines is 1. The molecular weight excluding hydrogens is 274 g/mol. The lowest BCUT2D eigenvalue weighted by atomic mass is 9.77. The summed E-state index contributed by atoms with van der Waals surface area (Å²) in [6.07, 6.45) is 0.667. The van der Waals surface area contributed by atoms with Gasteiger partial charge in [-0.15, -0.1) is 0 Å². The minimum atomic E-state index is -0.137. The second kappa shape index (κ2) is 4.60. The molecule has 2 aromatic carbocycles. The first-order valence-corrected chi connectivity index (χ1v) is 7.30. The number of benzene rings is 2. The van der Waals surface area contributed by atoms with Crippen LogP contribution in [0.4, 0.5) is 5.69 Å². The molecule has 0 bridgehead atoms. The van der Waals surface area contributed by atoms with Crippen molar-refractivity contribution in [3.05, 3.63) is 65.2 Å². The third kappa shape index (κ3) is 1.79. The summed E-state index contributed by atoms with van der Waals surface area (Å²) in [5, 5.41) is 16.6. The number of rotatable bonds is 1. The van der Waals surface area contributed by atoms with E-state index in [1.807, 2.05) is 30.3 Å². The predicted molar refractivity (Wildman–Crippen MR) is 84.6 cm³/mol. The van der Waals surface area contributed by atoms with Crippen LogP contribution in [-0.2, 0) is 10.3 Å². The molecular formula is C18H15N3O. The molecule has 0 aromatic heterocycles. The van der Waals surface area contributed by atoms with Gasteiger partial charge in [0.25, 0.3) is 0 Å². The van der Waals surface area contributed by atoms with Crippen LogP contribution in [0, 0.1) is 11.3 Å².